The normalized spacial score (nSPS) is 10.5. The molecule has 70 valence electrons. The molecule has 0 bridgehead atoms. The first-order valence-corrected chi connectivity index (χ1v) is 5.19. The SMILES string of the molecule is O=C(Cl)c1cnc(SC(Cl)Cl)nc1. The Morgan fingerprint density at radius 3 is 2.31 bits per heavy atom. The fourth-order valence-electron chi connectivity index (χ4n) is 0.558. The largest absolute Gasteiger partial charge is 0.275 e. The summed E-state index contributed by atoms with van der Waals surface area (Å²) in [7, 11) is 0. The van der Waals surface area contributed by atoms with Crippen molar-refractivity contribution in [1.82, 2.24) is 9.97 Å². The van der Waals surface area contributed by atoms with E-state index in [1.165, 1.54) is 12.4 Å². The first-order chi connectivity index (χ1) is 6.09. The van der Waals surface area contributed by atoms with Crippen LogP contribution in [0, 0.1) is 0 Å². The Kier molecular flexibility index (Phi) is 4.25. The van der Waals surface area contributed by atoms with Gasteiger partial charge < -0.3 is 0 Å². The molecule has 7 heteroatoms. The van der Waals surface area contributed by atoms with Gasteiger partial charge in [-0.15, -0.1) is 0 Å². The van der Waals surface area contributed by atoms with Crippen molar-refractivity contribution in [3.8, 4) is 0 Å². The number of halogens is 3. The van der Waals surface area contributed by atoms with Crippen LogP contribution in [0.4, 0.5) is 0 Å². The standard InChI is InChI=1S/C6H3Cl3N2OS/c7-4(12)3-1-10-6(11-2-3)13-5(8)9/h1-2,5H. The minimum Gasteiger partial charge on any atom is -0.275 e. The molecular formula is C6H3Cl3N2OS. The lowest BCUT2D eigenvalue weighted by atomic mass is 10.4. The maximum atomic E-state index is 10.6. The lowest BCUT2D eigenvalue weighted by molar-refractivity contribution is 0.108. The number of carbonyl (C=O) groups excluding carboxylic acids is 1. The van der Waals surface area contributed by atoms with Crippen molar-refractivity contribution in [2.24, 2.45) is 0 Å². The Hall–Kier alpha value is -0.0300. The molecule has 0 radical (unpaired) electrons. The number of hydrogen-bond acceptors (Lipinski definition) is 4. The summed E-state index contributed by atoms with van der Waals surface area (Å²) in [6.07, 6.45) is 2.64. The van der Waals surface area contributed by atoms with Crippen LogP contribution in [0.15, 0.2) is 17.6 Å². The van der Waals surface area contributed by atoms with Crippen molar-refractivity contribution < 1.29 is 4.79 Å². The van der Waals surface area contributed by atoms with Gasteiger partial charge in [-0.2, -0.15) is 0 Å². The zero-order chi connectivity index (χ0) is 9.84. The number of alkyl halides is 2. The van der Waals surface area contributed by atoms with Gasteiger partial charge in [0.2, 0.25) is 0 Å². The average molecular weight is 258 g/mol. The molecule has 0 saturated carbocycles. The molecule has 1 rings (SSSR count). The number of thioether (sulfide) groups is 1. The van der Waals surface area contributed by atoms with Gasteiger partial charge in [0.15, 0.2) is 9.32 Å². The maximum Gasteiger partial charge on any atom is 0.255 e. The lowest BCUT2D eigenvalue weighted by Crippen LogP contribution is -1.94. The molecule has 13 heavy (non-hydrogen) atoms. The van der Waals surface area contributed by atoms with Crippen LogP contribution in [-0.2, 0) is 0 Å². The van der Waals surface area contributed by atoms with Gasteiger partial charge in [0, 0.05) is 12.4 Å². The molecule has 0 aromatic carbocycles. The number of aromatic nitrogens is 2. The fraction of sp³-hybridized carbons (Fsp3) is 0.167. The van der Waals surface area contributed by atoms with Crippen molar-refractivity contribution >= 4 is 51.8 Å². The summed E-state index contributed by atoms with van der Waals surface area (Å²) in [4.78, 5) is 18.2. The molecule has 3 nitrogen and oxygen atoms in total. The summed E-state index contributed by atoms with van der Waals surface area (Å²) in [6.45, 7) is 0. The molecule has 0 aliphatic rings. The van der Waals surface area contributed by atoms with Gasteiger partial charge in [0.1, 0.15) is 0 Å². The number of carbonyl (C=O) groups is 1. The van der Waals surface area contributed by atoms with Crippen LogP contribution < -0.4 is 0 Å². The Bertz CT molecular complexity index is 303. The smallest absolute Gasteiger partial charge is 0.255 e. The van der Waals surface area contributed by atoms with E-state index in [9.17, 15) is 4.79 Å². The molecule has 0 fully saturated rings. The van der Waals surface area contributed by atoms with Crippen molar-refractivity contribution in [2.45, 2.75) is 9.32 Å². The molecule has 1 aromatic heterocycles. The van der Waals surface area contributed by atoms with E-state index >= 15 is 0 Å². The Morgan fingerprint density at radius 1 is 1.38 bits per heavy atom. The topological polar surface area (TPSA) is 42.9 Å². The van der Waals surface area contributed by atoms with E-state index in [2.05, 4.69) is 9.97 Å². The molecule has 0 amide bonds. The Balaban J connectivity index is 2.75. The van der Waals surface area contributed by atoms with Crippen molar-refractivity contribution in [2.75, 3.05) is 0 Å². The number of hydrogen-bond donors (Lipinski definition) is 0. The van der Waals surface area contributed by atoms with Gasteiger partial charge in [0.25, 0.3) is 5.24 Å². The van der Waals surface area contributed by atoms with E-state index in [1.807, 2.05) is 0 Å². The molecule has 1 heterocycles. The van der Waals surface area contributed by atoms with Gasteiger partial charge in [-0.3, -0.25) is 4.79 Å². The van der Waals surface area contributed by atoms with E-state index in [4.69, 9.17) is 34.8 Å². The molecule has 0 saturated heterocycles. The van der Waals surface area contributed by atoms with Crippen LogP contribution in [-0.4, -0.2) is 19.4 Å². The highest BCUT2D eigenvalue weighted by molar-refractivity contribution is 8.02. The Morgan fingerprint density at radius 2 is 1.92 bits per heavy atom. The third-order valence-corrected chi connectivity index (χ3v) is 2.40. The first-order valence-electron chi connectivity index (χ1n) is 3.06. The lowest BCUT2D eigenvalue weighted by Gasteiger charge is -1.98. The Labute approximate surface area is 93.8 Å². The molecular weight excluding hydrogens is 255 g/mol. The van der Waals surface area contributed by atoms with Gasteiger partial charge in [-0.25, -0.2) is 9.97 Å². The predicted octanol–water partition coefficient (Wildman–Crippen LogP) is 2.71. The molecule has 0 unspecified atom stereocenters. The molecule has 1 aromatic rings. The summed E-state index contributed by atoms with van der Waals surface area (Å²) < 4.78 is -0.627. The molecule has 0 aliphatic heterocycles. The van der Waals surface area contributed by atoms with Gasteiger partial charge >= 0.3 is 0 Å². The van der Waals surface area contributed by atoms with Gasteiger partial charge in [-0.1, -0.05) is 35.0 Å². The summed E-state index contributed by atoms with van der Waals surface area (Å²) in [5.41, 5.74) is 0.242. The van der Waals surface area contributed by atoms with Crippen LogP contribution in [0.25, 0.3) is 0 Å². The second kappa shape index (κ2) is 5.00. The second-order valence-corrected chi connectivity index (χ2v) is 4.94. The van der Waals surface area contributed by atoms with E-state index in [-0.39, 0.29) is 5.56 Å². The number of nitrogens with zero attached hydrogens (tertiary/aromatic N) is 2. The molecule has 0 atom stereocenters. The zero-order valence-corrected chi connectivity index (χ0v) is 9.16. The molecule has 0 spiro atoms. The summed E-state index contributed by atoms with van der Waals surface area (Å²) >= 11 is 17.2. The fourth-order valence-corrected chi connectivity index (χ4v) is 1.52. The van der Waals surface area contributed by atoms with E-state index in [0.717, 1.165) is 11.8 Å². The summed E-state index contributed by atoms with van der Waals surface area (Å²) in [5, 5.41) is -0.193. The van der Waals surface area contributed by atoms with E-state index in [0.29, 0.717) is 5.16 Å². The predicted molar refractivity (Wildman–Crippen MR) is 53.6 cm³/mol. The van der Waals surface area contributed by atoms with Gasteiger partial charge in [-0.05, 0) is 11.6 Å². The van der Waals surface area contributed by atoms with Crippen molar-refractivity contribution in [3.63, 3.8) is 0 Å². The zero-order valence-electron chi connectivity index (χ0n) is 6.08. The van der Waals surface area contributed by atoms with Gasteiger partial charge in [0.05, 0.1) is 5.56 Å². The second-order valence-electron chi connectivity index (χ2n) is 1.91. The highest BCUT2D eigenvalue weighted by atomic mass is 35.5. The highest BCUT2D eigenvalue weighted by Gasteiger charge is 2.06. The number of rotatable bonds is 3. The molecule has 0 N–H and O–H groups in total. The molecule has 0 aliphatic carbocycles. The summed E-state index contributed by atoms with van der Waals surface area (Å²) in [6, 6.07) is 0. The third kappa shape index (κ3) is 3.68. The quantitative estimate of drug-likeness (QED) is 0.361. The van der Waals surface area contributed by atoms with Crippen molar-refractivity contribution in [1.29, 1.82) is 0 Å². The van der Waals surface area contributed by atoms with Crippen LogP contribution in [0.2, 0.25) is 0 Å². The van der Waals surface area contributed by atoms with Crippen LogP contribution in [0.1, 0.15) is 10.4 Å². The van der Waals surface area contributed by atoms with Crippen LogP contribution >= 0.6 is 46.6 Å². The van der Waals surface area contributed by atoms with E-state index in [1.54, 1.807) is 0 Å². The monoisotopic (exact) mass is 256 g/mol. The minimum absolute atomic E-state index is 0.242. The van der Waals surface area contributed by atoms with E-state index < -0.39 is 9.41 Å². The van der Waals surface area contributed by atoms with Crippen LogP contribution in [0.3, 0.4) is 0 Å². The minimum atomic E-state index is -0.627. The average Bonchev–Trinajstić information content (AvgIpc) is 2.04. The maximum absolute atomic E-state index is 10.6. The highest BCUT2D eigenvalue weighted by Crippen LogP contribution is 2.24. The van der Waals surface area contributed by atoms with Crippen LogP contribution in [0.5, 0.6) is 0 Å². The first kappa shape index (κ1) is 11.0. The summed E-state index contributed by atoms with van der Waals surface area (Å²) in [5.74, 6) is 0. The third-order valence-electron chi connectivity index (χ3n) is 1.05. The van der Waals surface area contributed by atoms with Crippen molar-refractivity contribution in [3.05, 3.63) is 18.0 Å².